The van der Waals surface area contributed by atoms with Gasteiger partial charge < -0.3 is 15.4 Å². The molecule has 0 aromatic heterocycles. The molecule has 6 heteroatoms. The van der Waals surface area contributed by atoms with Crippen molar-refractivity contribution in [3.63, 3.8) is 0 Å². The molecule has 2 N–H and O–H groups in total. The molecule has 0 saturated carbocycles. The van der Waals surface area contributed by atoms with Gasteiger partial charge in [0.15, 0.2) is 5.96 Å². The minimum Gasteiger partial charge on any atom is -0.374 e. The van der Waals surface area contributed by atoms with E-state index in [1.54, 1.807) is 0 Å². The van der Waals surface area contributed by atoms with Gasteiger partial charge in [0.1, 0.15) is 0 Å². The molecule has 138 valence electrons. The largest absolute Gasteiger partial charge is 0.374 e. The Morgan fingerprint density at radius 2 is 1.96 bits per heavy atom. The molecule has 4 nitrogen and oxygen atoms in total. The highest BCUT2D eigenvalue weighted by Crippen LogP contribution is 2.15. The molecular formula is C18H32IN3OS. The first-order valence-corrected chi connectivity index (χ1v) is 9.85. The number of hydrogen-bond donors (Lipinski definition) is 2. The Labute approximate surface area is 168 Å². The lowest BCUT2D eigenvalue weighted by molar-refractivity contribution is 0.0646. The highest BCUT2D eigenvalue weighted by Gasteiger charge is 2.04. The summed E-state index contributed by atoms with van der Waals surface area (Å²) in [6.45, 7) is 7.56. The van der Waals surface area contributed by atoms with Crippen molar-refractivity contribution < 1.29 is 4.74 Å². The Balaban J connectivity index is 0.00000529. The van der Waals surface area contributed by atoms with Gasteiger partial charge in [0, 0.05) is 26.2 Å². The zero-order valence-corrected chi connectivity index (χ0v) is 18.2. The van der Waals surface area contributed by atoms with Crippen LogP contribution in [0, 0.1) is 0 Å². The number of thioether (sulfide) groups is 1. The van der Waals surface area contributed by atoms with Crippen LogP contribution in [0.5, 0.6) is 0 Å². The number of nitrogens with one attached hydrogen (secondary N) is 2. The van der Waals surface area contributed by atoms with Crippen LogP contribution in [-0.4, -0.2) is 44.2 Å². The molecule has 24 heavy (non-hydrogen) atoms. The Hall–Kier alpha value is -0.470. The molecule has 0 aliphatic rings. The summed E-state index contributed by atoms with van der Waals surface area (Å²) in [5.41, 5.74) is 1.23. The molecule has 0 spiro atoms. The zero-order valence-electron chi connectivity index (χ0n) is 15.1. The molecule has 0 bridgehead atoms. The number of guanidine groups is 1. The Kier molecular flexibility index (Phi) is 15.7. The number of nitrogens with zero attached hydrogens (tertiary/aromatic N) is 1. The lowest BCUT2D eigenvalue weighted by atomic mass is 10.1. The maximum absolute atomic E-state index is 5.88. The van der Waals surface area contributed by atoms with Crippen LogP contribution in [0.4, 0.5) is 0 Å². The van der Waals surface area contributed by atoms with E-state index >= 15 is 0 Å². The van der Waals surface area contributed by atoms with E-state index < -0.39 is 0 Å². The van der Waals surface area contributed by atoms with Crippen molar-refractivity contribution in [3.05, 3.63) is 35.9 Å². The van der Waals surface area contributed by atoms with Crippen LogP contribution < -0.4 is 10.6 Å². The predicted octanol–water partition coefficient (Wildman–Crippen LogP) is 4.08. The fraction of sp³-hybridized carbons (Fsp3) is 0.611. The van der Waals surface area contributed by atoms with Crippen LogP contribution in [0.25, 0.3) is 0 Å². The maximum atomic E-state index is 5.88. The predicted molar refractivity (Wildman–Crippen MR) is 118 cm³/mol. The van der Waals surface area contributed by atoms with Crippen LogP contribution in [0.3, 0.4) is 0 Å². The molecule has 0 radical (unpaired) electrons. The van der Waals surface area contributed by atoms with Gasteiger partial charge in [-0.15, -0.1) is 24.0 Å². The van der Waals surface area contributed by atoms with Crippen molar-refractivity contribution >= 4 is 41.7 Å². The molecule has 0 heterocycles. The molecule has 0 fully saturated rings. The summed E-state index contributed by atoms with van der Waals surface area (Å²) < 4.78 is 5.88. The number of benzene rings is 1. The first-order chi connectivity index (χ1) is 11.3. The minimum atomic E-state index is 0. The number of hydrogen-bond acceptors (Lipinski definition) is 3. The van der Waals surface area contributed by atoms with Crippen molar-refractivity contribution in [2.75, 3.05) is 38.2 Å². The Bertz CT molecular complexity index is 432. The smallest absolute Gasteiger partial charge is 0.191 e. The molecule has 1 unspecified atom stereocenters. The Morgan fingerprint density at radius 1 is 1.21 bits per heavy atom. The first-order valence-electron chi connectivity index (χ1n) is 8.45. The summed E-state index contributed by atoms with van der Waals surface area (Å²) in [5, 5.41) is 6.64. The lowest BCUT2D eigenvalue weighted by Crippen LogP contribution is -2.38. The van der Waals surface area contributed by atoms with E-state index in [2.05, 4.69) is 47.9 Å². The minimum absolute atomic E-state index is 0. The lowest BCUT2D eigenvalue weighted by Gasteiger charge is -2.14. The second kappa shape index (κ2) is 16.0. The second-order valence-electron chi connectivity index (χ2n) is 5.31. The van der Waals surface area contributed by atoms with Crippen molar-refractivity contribution in [2.45, 2.75) is 32.8 Å². The highest BCUT2D eigenvalue weighted by atomic mass is 127. The highest BCUT2D eigenvalue weighted by molar-refractivity contribution is 14.0. The quantitative estimate of drug-likeness (QED) is 0.224. The SMILES string of the molecule is CCNC(=NCCCSC)NCCCOC(C)c1ccccc1.I. The van der Waals surface area contributed by atoms with E-state index in [0.717, 1.165) is 50.8 Å². The van der Waals surface area contributed by atoms with Gasteiger partial charge in [-0.3, -0.25) is 4.99 Å². The van der Waals surface area contributed by atoms with Crippen LogP contribution in [0.15, 0.2) is 35.3 Å². The van der Waals surface area contributed by atoms with E-state index in [1.807, 2.05) is 30.0 Å². The van der Waals surface area contributed by atoms with E-state index in [0.29, 0.717) is 0 Å². The molecule has 1 aromatic carbocycles. The summed E-state index contributed by atoms with van der Waals surface area (Å²) in [5.74, 6) is 2.07. The third kappa shape index (κ3) is 11.1. The standard InChI is InChI=1S/C18H31N3OS.HI/c1-4-19-18(21-13-9-15-23-3)20-12-8-14-22-16(2)17-10-6-5-7-11-17;/h5-7,10-11,16H,4,8-9,12-15H2,1-3H3,(H2,19,20,21);1H. The van der Waals surface area contributed by atoms with Crippen molar-refractivity contribution in [1.82, 2.24) is 10.6 Å². The van der Waals surface area contributed by atoms with Gasteiger partial charge in [0.2, 0.25) is 0 Å². The fourth-order valence-electron chi connectivity index (χ4n) is 2.10. The van der Waals surface area contributed by atoms with Crippen molar-refractivity contribution in [2.24, 2.45) is 4.99 Å². The number of rotatable bonds is 11. The normalized spacial score (nSPS) is 12.4. The third-order valence-corrected chi connectivity index (χ3v) is 4.07. The van der Waals surface area contributed by atoms with Gasteiger partial charge in [-0.05, 0) is 44.3 Å². The molecule has 0 aliphatic heterocycles. The third-order valence-electron chi connectivity index (χ3n) is 3.37. The summed E-state index contributed by atoms with van der Waals surface area (Å²) >= 11 is 1.87. The Morgan fingerprint density at radius 3 is 2.62 bits per heavy atom. The van der Waals surface area contributed by atoms with Crippen LogP contribution in [-0.2, 0) is 4.74 Å². The molecule has 0 amide bonds. The van der Waals surface area contributed by atoms with Gasteiger partial charge in [0.05, 0.1) is 6.10 Å². The summed E-state index contributed by atoms with van der Waals surface area (Å²) in [6, 6.07) is 10.3. The zero-order chi connectivity index (χ0) is 16.8. The van der Waals surface area contributed by atoms with Crippen molar-refractivity contribution in [3.8, 4) is 0 Å². The molecule has 1 aromatic rings. The van der Waals surface area contributed by atoms with Crippen LogP contribution in [0.2, 0.25) is 0 Å². The van der Waals surface area contributed by atoms with E-state index in [4.69, 9.17) is 4.74 Å². The fourth-order valence-corrected chi connectivity index (χ4v) is 2.52. The molecule has 1 atom stereocenters. The average molecular weight is 465 g/mol. The summed E-state index contributed by atoms with van der Waals surface area (Å²) in [7, 11) is 0. The second-order valence-corrected chi connectivity index (χ2v) is 6.30. The van der Waals surface area contributed by atoms with E-state index in [-0.39, 0.29) is 30.1 Å². The molecule has 0 aliphatic carbocycles. The monoisotopic (exact) mass is 465 g/mol. The molecular weight excluding hydrogens is 433 g/mol. The van der Waals surface area contributed by atoms with E-state index in [1.165, 1.54) is 5.56 Å². The summed E-state index contributed by atoms with van der Waals surface area (Å²) in [4.78, 5) is 4.57. The van der Waals surface area contributed by atoms with Crippen LogP contribution in [0.1, 0.15) is 38.4 Å². The average Bonchev–Trinajstić information content (AvgIpc) is 2.58. The summed E-state index contributed by atoms with van der Waals surface area (Å²) in [6.07, 6.45) is 4.36. The number of aliphatic imine (C=N–C) groups is 1. The topological polar surface area (TPSA) is 45.7 Å². The number of halogens is 1. The van der Waals surface area contributed by atoms with Gasteiger partial charge in [-0.2, -0.15) is 11.8 Å². The maximum Gasteiger partial charge on any atom is 0.191 e. The molecule has 1 rings (SSSR count). The van der Waals surface area contributed by atoms with Gasteiger partial charge in [-0.25, -0.2) is 0 Å². The van der Waals surface area contributed by atoms with Gasteiger partial charge in [-0.1, -0.05) is 30.3 Å². The van der Waals surface area contributed by atoms with Crippen LogP contribution >= 0.6 is 35.7 Å². The van der Waals surface area contributed by atoms with Gasteiger partial charge >= 0.3 is 0 Å². The van der Waals surface area contributed by atoms with Gasteiger partial charge in [0.25, 0.3) is 0 Å². The van der Waals surface area contributed by atoms with Crippen molar-refractivity contribution in [1.29, 1.82) is 0 Å². The first kappa shape index (κ1) is 23.5. The number of ether oxygens (including phenoxy) is 1. The van der Waals surface area contributed by atoms with E-state index in [9.17, 15) is 0 Å². The molecule has 0 saturated heterocycles.